The SMILES string of the molecule is C=C(C)CNC(C)c1ccc(OCC)cc1. The van der Waals surface area contributed by atoms with Crippen molar-refractivity contribution in [2.45, 2.75) is 26.8 Å². The summed E-state index contributed by atoms with van der Waals surface area (Å²) in [6.45, 7) is 11.6. The van der Waals surface area contributed by atoms with E-state index in [0.717, 1.165) is 17.9 Å². The van der Waals surface area contributed by atoms with Gasteiger partial charge in [-0.25, -0.2) is 0 Å². The topological polar surface area (TPSA) is 21.3 Å². The number of hydrogen-bond donors (Lipinski definition) is 1. The Labute approximate surface area is 98.3 Å². The van der Waals surface area contributed by atoms with Crippen LogP contribution in [-0.2, 0) is 0 Å². The number of benzene rings is 1. The summed E-state index contributed by atoms with van der Waals surface area (Å²) in [6, 6.07) is 8.56. The van der Waals surface area contributed by atoms with Gasteiger partial charge in [0.25, 0.3) is 0 Å². The first-order valence-corrected chi connectivity index (χ1v) is 5.74. The zero-order chi connectivity index (χ0) is 12.0. The molecule has 2 heteroatoms. The highest BCUT2D eigenvalue weighted by Gasteiger charge is 2.04. The van der Waals surface area contributed by atoms with Gasteiger partial charge in [0, 0.05) is 12.6 Å². The minimum Gasteiger partial charge on any atom is -0.494 e. The number of nitrogens with one attached hydrogen (secondary N) is 1. The molecular formula is C14H21NO. The number of ether oxygens (including phenoxy) is 1. The van der Waals surface area contributed by atoms with Gasteiger partial charge in [-0.2, -0.15) is 0 Å². The van der Waals surface area contributed by atoms with Crippen molar-refractivity contribution >= 4 is 0 Å². The summed E-state index contributed by atoms with van der Waals surface area (Å²) >= 11 is 0. The van der Waals surface area contributed by atoms with Crippen molar-refractivity contribution in [3.8, 4) is 5.75 Å². The average Bonchev–Trinajstić information content (AvgIpc) is 2.27. The summed E-state index contributed by atoms with van der Waals surface area (Å²) in [5.74, 6) is 0.929. The summed E-state index contributed by atoms with van der Waals surface area (Å²) in [7, 11) is 0. The lowest BCUT2D eigenvalue weighted by Crippen LogP contribution is -2.20. The summed E-state index contributed by atoms with van der Waals surface area (Å²) in [4.78, 5) is 0. The van der Waals surface area contributed by atoms with Crippen molar-refractivity contribution in [1.82, 2.24) is 5.32 Å². The highest BCUT2D eigenvalue weighted by molar-refractivity contribution is 5.29. The van der Waals surface area contributed by atoms with Crippen molar-refractivity contribution in [3.05, 3.63) is 42.0 Å². The molecule has 0 aliphatic carbocycles. The van der Waals surface area contributed by atoms with Crippen LogP contribution in [0.5, 0.6) is 5.75 Å². The third-order valence-corrected chi connectivity index (χ3v) is 2.40. The van der Waals surface area contributed by atoms with Crippen molar-refractivity contribution in [2.24, 2.45) is 0 Å². The van der Waals surface area contributed by atoms with Crippen LogP contribution in [-0.4, -0.2) is 13.2 Å². The second-order valence-electron chi connectivity index (χ2n) is 4.06. The van der Waals surface area contributed by atoms with Gasteiger partial charge < -0.3 is 10.1 Å². The van der Waals surface area contributed by atoms with E-state index >= 15 is 0 Å². The van der Waals surface area contributed by atoms with Crippen molar-refractivity contribution in [2.75, 3.05) is 13.2 Å². The fraction of sp³-hybridized carbons (Fsp3) is 0.429. The first-order chi connectivity index (χ1) is 7.63. The predicted octanol–water partition coefficient (Wildman–Crippen LogP) is 3.31. The van der Waals surface area contributed by atoms with E-state index in [2.05, 4.69) is 31.0 Å². The van der Waals surface area contributed by atoms with Gasteiger partial charge in [-0.15, -0.1) is 0 Å². The van der Waals surface area contributed by atoms with E-state index < -0.39 is 0 Å². The molecule has 0 radical (unpaired) electrons. The minimum atomic E-state index is 0.340. The molecule has 0 heterocycles. The normalized spacial score (nSPS) is 12.2. The summed E-state index contributed by atoms with van der Waals surface area (Å²) < 4.78 is 5.40. The molecule has 1 aromatic carbocycles. The van der Waals surface area contributed by atoms with E-state index in [1.54, 1.807) is 0 Å². The van der Waals surface area contributed by atoms with Crippen molar-refractivity contribution in [1.29, 1.82) is 0 Å². The fourth-order valence-electron chi connectivity index (χ4n) is 1.46. The first-order valence-electron chi connectivity index (χ1n) is 5.74. The zero-order valence-electron chi connectivity index (χ0n) is 10.4. The minimum absolute atomic E-state index is 0.340. The summed E-state index contributed by atoms with van der Waals surface area (Å²) in [5, 5.41) is 3.41. The molecule has 1 N–H and O–H groups in total. The highest BCUT2D eigenvalue weighted by Crippen LogP contribution is 2.17. The largest absolute Gasteiger partial charge is 0.494 e. The number of hydrogen-bond acceptors (Lipinski definition) is 2. The maximum absolute atomic E-state index is 5.40. The lowest BCUT2D eigenvalue weighted by atomic mass is 10.1. The van der Waals surface area contributed by atoms with Gasteiger partial charge in [-0.3, -0.25) is 0 Å². The lowest BCUT2D eigenvalue weighted by Gasteiger charge is -2.14. The van der Waals surface area contributed by atoms with Crippen LogP contribution < -0.4 is 10.1 Å². The third kappa shape index (κ3) is 4.07. The Morgan fingerprint density at radius 1 is 1.38 bits per heavy atom. The molecular weight excluding hydrogens is 198 g/mol. The molecule has 1 atom stereocenters. The Morgan fingerprint density at radius 2 is 2.00 bits per heavy atom. The lowest BCUT2D eigenvalue weighted by molar-refractivity contribution is 0.340. The maximum atomic E-state index is 5.40. The Balaban J connectivity index is 2.55. The van der Waals surface area contributed by atoms with Crippen LogP contribution >= 0.6 is 0 Å². The zero-order valence-corrected chi connectivity index (χ0v) is 10.4. The van der Waals surface area contributed by atoms with Crippen LogP contribution in [0.4, 0.5) is 0 Å². The van der Waals surface area contributed by atoms with Gasteiger partial charge in [0.1, 0.15) is 5.75 Å². The van der Waals surface area contributed by atoms with Crippen LogP contribution in [0, 0.1) is 0 Å². The van der Waals surface area contributed by atoms with Gasteiger partial charge >= 0.3 is 0 Å². The monoisotopic (exact) mass is 219 g/mol. The summed E-state index contributed by atoms with van der Waals surface area (Å²) in [6.07, 6.45) is 0. The average molecular weight is 219 g/mol. The van der Waals surface area contributed by atoms with E-state index in [1.807, 2.05) is 26.0 Å². The molecule has 2 nitrogen and oxygen atoms in total. The molecule has 0 bridgehead atoms. The maximum Gasteiger partial charge on any atom is 0.119 e. The predicted molar refractivity (Wildman–Crippen MR) is 68.8 cm³/mol. The Hall–Kier alpha value is -1.28. The first kappa shape index (κ1) is 12.8. The van der Waals surface area contributed by atoms with E-state index in [9.17, 15) is 0 Å². The molecule has 0 aliphatic rings. The molecule has 0 saturated heterocycles. The second kappa shape index (κ2) is 6.33. The van der Waals surface area contributed by atoms with E-state index in [1.165, 1.54) is 5.56 Å². The second-order valence-corrected chi connectivity index (χ2v) is 4.06. The van der Waals surface area contributed by atoms with E-state index in [0.29, 0.717) is 12.6 Å². The van der Waals surface area contributed by atoms with Crippen molar-refractivity contribution in [3.63, 3.8) is 0 Å². The van der Waals surface area contributed by atoms with Crippen LogP contribution in [0.2, 0.25) is 0 Å². The molecule has 0 aliphatic heterocycles. The quantitative estimate of drug-likeness (QED) is 0.741. The third-order valence-electron chi connectivity index (χ3n) is 2.40. The van der Waals surface area contributed by atoms with E-state index in [-0.39, 0.29) is 0 Å². The van der Waals surface area contributed by atoms with Gasteiger partial charge in [0.2, 0.25) is 0 Å². The molecule has 0 fully saturated rings. The Kier molecular flexibility index (Phi) is 5.06. The molecule has 88 valence electrons. The van der Waals surface area contributed by atoms with Crippen LogP contribution in [0.3, 0.4) is 0 Å². The number of rotatable bonds is 6. The molecule has 0 spiro atoms. The molecule has 0 saturated carbocycles. The smallest absolute Gasteiger partial charge is 0.119 e. The fourth-order valence-corrected chi connectivity index (χ4v) is 1.46. The molecule has 1 rings (SSSR count). The Bertz CT molecular complexity index is 329. The highest BCUT2D eigenvalue weighted by atomic mass is 16.5. The summed E-state index contributed by atoms with van der Waals surface area (Å²) in [5.41, 5.74) is 2.42. The standard InChI is InChI=1S/C14H21NO/c1-5-16-14-8-6-13(7-9-14)12(4)15-10-11(2)3/h6-9,12,15H,2,5,10H2,1,3-4H3. The molecule has 16 heavy (non-hydrogen) atoms. The van der Waals surface area contributed by atoms with Gasteiger partial charge in [-0.05, 0) is 38.5 Å². The van der Waals surface area contributed by atoms with Crippen LogP contribution in [0.25, 0.3) is 0 Å². The van der Waals surface area contributed by atoms with E-state index in [4.69, 9.17) is 4.74 Å². The van der Waals surface area contributed by atoms with Gasteiger partial charge in [0.05, 0.1) is 6.61 Å². The molecule has 0 amide bonds. The molecule has 1 aromatic rings. The van der Waals surface area contributed by atoms with Crippen LogP contribution in [0.15, 0.2) is 36.4 Å². The van der Waals surface area contributed by atoms with Gasteiger partial charge in [-0.1, -0.05) is 24.3 Å². The van der Waals surface area contributed by atoms with Crippen molar-refractivity contribution < 1.29 is 4.74 Å². The molecule has 0 aromatic heterocycles. The van der Waals surface area contributed by atoms with Gasteiger partial charge in [0.15, 0.2) is 0 Å². The molecule has 1 unspecified atom stereocenters. The van der Waals surface area contributed by atoms with Crippen LogP contribution in [0.1, 0.15) is 32.4 Å². The Morgan fingerprint density at radius 3 is 2.50 bits per heavy atom.